The SMILES string of the molecule is O=C(Nc1ccccc1)c1ccccc1Sc1ccc2c(/C=C/c3ccccn3)n[nH]c2c1. The molecule has 5 rings (SSSR count). The average Bonchev–Trinajstić information content (AvgIpc) is 3.26. The van der Waals surface area contributed by atoms with Crippen molar-refractivity contribution in [3.05, 3.63) is 114 Å². The van der Waals surface area contributed by atoms with Gasteiger partial charge in [0.1, 0.15) is 0 Å². The number of para-hydroxylation sites is 1. The Bertz CT molecular complexity index is 1430. The Balaban J connectivity index is 1.37. The van der Waals surface area contributed by atoms with Crippen LogP contribution in [0, 0.1) is 0 Å². The molecule has 0 aliphatic rings. The molecule has 2 N–H and O–H groups in total. The first kappa shape index (κ1) is 20.7. The van der Waals surface area contributed by atoms with Crippen molar-refractivity contribution in [3.8, 4) is 0 Å². The molecule has 2 heterocycles. The fourth-order valence-electron chi connectivity index (χ4n) is 3.44. The van der Waals surface area contributed by atoms with E-state index in [1.165, 1.54) is 0 Å². The molecule has 0 radical (unpaired) electrons. The van der Waals surface area contributed by atoms with Crippen LogP contribution in [-0.4, -0.2) is 21.1 Å². The van der Waals surface area contributed by atoms with Crippen molar-refractivity contribution in [2.24, 2.45) is 0 Å². The molecule has 160 valence electrons. The van der Waals surface area contributed by atoms with Gasteiger partial charge >= 0.3 is 0 Å². The second kappa shape index (κ2) is 9.54. The molecule has 0 saturated carbocycles. The number of pyridine rings is 1. The molecule has 0 atom stereocenters. The molecular formula is C27H20N4OS. The summed E-state index contributed by atoms with van der Waals surface area (Å²) >= 11 is 1.55. The largest absolute Gasteiger partial charge is 0.322 e. The summed E-state index contributed by atoms with van der Waals surface area (Å²) < 4.78 is 0. The first-order chi connectivity index (χ1) is 16.3. The third-order valence-corrected chi connectivity index (χ3v) is 6.12. The van der Waals surface area contributed by atoms with Crippen molar-refractivity contribution in [3.63, 3.8) is 0 Å². The summed E-state index contributed by atoms with van der Waals surface area (Å²) in [6.07, 6.45) is 5.67. The normalized spacial score (nSPS) is 11.2. The Morgan fingerprint density at radius 2 is 1.70 bits per heavy atom. The van der Waals surface area contributed by atoms with Crippen LogP contribution in [0.15, 0.2) is 107 Å². The number of nitrogens with one attached hydrogen (secondary N) is 2. The summed E-state index contributed by atoms with van der Waals surface area (Å²) in [7, 11) is 0. The first-order valence-electron chi connectivity index (χ1n) is 10.5. The third-order valence-electron chi connectivity index (χ3n) is 5.05. The van der Waals surface area contributed by atoms with Gasteiger partial charge < -0.3 is 5.32 Å². The van der Waals surface area contributed by atoms with Crippen molar-refractivity contribution >= 4 is 46.4 Å². The molecule has 6 heteroatoms. The lowest BCUT2D eigenvalue weighted by Crippen LogP contribution is -2.12. The van der Waals surface area contributed by atoms with Gasteiger partial charge in [-0.15, -0.1) is 0 Å². The van der Waals surface area contributed by atoms with Crippen molar-refractivity contribution in [2.45, 2.75) is 9.79 Å². The third kappa shape index (κ3) is 4.86. The maximum absolute atomic E-state index is 12.9. The summed E-state index contributed by atoms with van der Waals surface area (Å²) in [6.45, 7) is 0. The smallest absolute Gasteiger partial charge is 0.256 e. The van der Waals surface area contributed by atoms with Gasteiger partial charge in [0.15, 0.2) is 0 Å². The molecule has 0 saturated heterocycles. The van der Waals surface area contributed by atoms with Crippen LogP contribution < -0.4 is 5.32 Å². The standard InChI is InChI=1S/C27H20N4OS/c32-27(29-20-9-2-1-3-10-20)23-11-4-5-12-26(23)33-21-14-15-22-24(30-31-25(22)18-21)16-13-19-8-6-7-17-28-19/h1-18H,(H,29,32)(H,30,31)/b16-13+. The highest BCUT2D eigenvalue weighted by atomic mass is 32.2. The Morgan fingerprint density at radius 3 is 2.55 bits per heavy atom. The van der Waals surface area contributed by atoms with E-state index in [1.807, 2.05) is 97.1 Å². The van der Waals surface area contributed by atoms with E-state index >= 15 is 0 Å². The highest BCUT2D eigenvalue weighted by Crippen LogP contribution is 2.33. The van der Waals surface area contributed by atoms with Gasteiger partial charge in [0, 0.05) is 27.1 Å². The summed E-state index contributed by atoms with van der Waals surface area (Å²) in [5.41, 5.74) is 4.08. The van der Waals surface area contributed by atoms with E-state index in [2.05, 4.69) is 26.6 Å². The number of benzene rings is 3. The molecule has 2 aromatic heterocycles. The predicted molar refractivity (Wildman–Crippen MR) is 134 cm³/mol. The first-order valence-corrected chi connectivity index (χ1v) is 11.3. The average molecular weight is 449 g/mol. The van der Waals surface area contributed by atoms with Crippen LogP contribution >= 0.6 is 11.8 Å². The van der Waals surface area contributed by atoms with Gasteiger partial charge in [0.05, 0.1) is 22.5 Å². The van der Waals surface area contributed by atoms with Crippen LogP contribution in [0.3, 0.4) is 0 Å². The second-order valence-corrected chi connectivity index (χ2v) is 8.44. The number of amides is 1. The number of aromatic nitrogens is 3. The van der Waals surface area contributed by atoms with E-state index in [-0.39, 0.29) is 5.91 Å². The molecule has 0 aliphatic carbocycles. The van der Waals surface area contributed by atoms with Gasteiger partial charge in [-0.25, -0.2) is 0 Å². The number of carbonyl (C=O) groups excluding carboxylic acids is 1. The van der Waals surface area contributed by atoms with Crippen molar-refractivity contribution < 1.29 is 4.79 Å². The molecule has 0 unspecified atom stereocenters. The summed E-state index contributed by atoms with van der Waals surface area (Å²) in [5, 5.41) is 11.5. The maximum Gasteiger partial charge on any atom is 0.256 e. The minimum Gasteiger partial charge on any atom is -0.322 e. The Hall–Kier alpha value is -4.16. The van der Waals surface area contributed by atoms with Gasteiger partial charge in [-0.05, 0) is 66.7 Å². The number of hydrogen-bond donors (Lipinski definition) is 2. The fraction of sp³-hybridized carbons (Fsp3) is 0. The van der Waals surface area contributed by atoms with E-state index in [0.29, 0.717) is 5.56 Å². The maximum atomic E-state index is 12.9. The number of carbonyl (C=O) groups is 1. The molecular weight excluding hydrogens is 428 g/mol. The lowest BCUT2D eigenvalue weighted by molar-refractivity contribution is 0.102. The summed E-state index contributed by atoms with van der Waals surface area (Å²) in [4.78, 5) is 19.1. The zero-order valence-corrected chi connectivity index (χ0v) is 18.4. The van der Waals surface area contributed by atoms with Crippen LogP contribution in [0.25, 0.3) is 23.1 Å². The number of fused-ring (bicyclic) bond motifs is 1. The van der Waals surface area contributed by atoms with E-state index in [0.717, 1.165) is 37.8 Å². The molecule has 5 nitrogen and oxygen atoms in total. The number of rotatable bonds is 6. The molecule has 3 aromatic carbocycles. The van der Waals surface area contributed by atoms with E-state index in [4.69, 9.17) is 0 Å². The molecule has 33 heavy (non-hydrogen) atoms. The van der Waals surface area contributed by atoms with Crippen molar-refractivity contribution in [1.82, 2.24) is 15.2 Å². The zero-order valence-electron chi connectivity index (χ0n) is 17.6. The van der Waals surface area contributed by atoms with E-state index in [9.17, 15) is 4.79 Å². The number of H-pyrrole nitrogens is 1. The fourth-order valence-corrected chi connectivity index (χ4v) is 4.42. The summed E-state index contributed by atoms with van der Waals surface area (Å²) in [5.74, 6) is -0.131. The number of nitrogens with zero attached hydrogens (tertiary/aromatic N) is 2. The van der Waals surface area contributed by atoms with Gasteiger partial charge in [-0.2, -0.15) is 5.10 Å². The Morgan fingerprint density at radius 1 is 0.879 bits per heavy atom. The molecule has 0 spiro atoms. The van der Waals surface area contributed by atoms with Crippen molar-refractivity contribution in [1.29, 1.82) is 0 Å². The topological polar surface area (TPSA) is 70.7 Å². The van der Waals surface area contributed by atoms with Crippen LogP contribution in [0.2, 0.25) is 0 Å². The van der Waals surface area contributed by atoms with Gasteiger partial charge in [-0.1, -0.05) is 48.2 Å². The monoisotopic (exact) mass is 448 g/mol. The van der Waals surface area contributed by atoms with Crippen molar-refractivity contribution in [2.75, 3.05) is 5.32 Å². The van der Waals surface area contributed by atoms with Crippen LogP contribution in [0.5, 0.6) is 0 Å². The molecule has 1 amide bonds. The Labute approximate surface area is 195 Å². The number of hydrogen-bond acceptors (Lipinski definition) is 4. The second-order valence-electron chi connectivity index (χ2n) is 7.32. The molecule has 0 bridgehead atoms. The Kier molecular flexibility index (Phi) is 5.99. The zero-order chi connectivity index (χ0) is 22.5. The lowest BCUT2D eigenvalue weighted by atomic mass is 10.2. The van der Waals surface area contributed by atoms with E-state index < -0.39 is 0 Å². The van der Waals surface area contributed by atoms with Gasteiger partial charge in [-0.3, -0.25) is 14.9 Å². The number of aromatic amines is 1. The van der Waals surface area contributed by atoms with Crippen LogP contribution in [0.4, 0.5) is 5.69 Å². The minimum absolute atomic E-state index is 0.131. The minimum atomic E-state index is -0.131. The quantitative estimate of drug-likeness (QED) is 0.310. The highest BCUT2D eigenvalue weighted by molar-refractivity contribution is 7.99. The van der Waals surface area contributed by atoms with Crippen LogP contribution in [-0.2, 0) is 0 Å². The van der Waals surface area contributed by atoms with Gasteiger partial charge in [0.2, 0.25) is 0 Å². The molecule has 5 aromatic rings. The molecule has 0 fully saturated rings. The summed E-state index contributed by atoms with van der Waals surface area (Å²) in [6, 6.07) is 29.0. The molecule has 0 aliphatic heterocycles. The van der Waals surface area contributed by atoms with Gasteiger partial charge in [0.25, 0.3) is 5.91 Å². The lowest BCUT2D eigenvalue weighted by Gasteiger charge is -2.10. The predicted octanol–water partition coefficient (Wildman–Crippen LogP) is 6.53. The highest BCUT2D eigenvalue weighted by Gasteiger charge is 2.13. The van der Waals surface area contributed by atoms with Crippen LogP contribution in [0.1, 0.15) is 21.7 Å². The number of anilines is 1. The van der Waals surface area contributed by atoms with E-state index in [1.54, 1.807) is 18.0 Å².